The highest BCUT2D eigenvalue weighted by molar-refractivity contribution is 14.1. The van der Waals surface area contributed by atoms with Crippen LogP contribution in [0, 0.1) is 21.0 Å². The second-order valence-electron chi connectivity index (χ2n) is 6.87. The third kappa shape index (κ3) is 6.64. The predicted molar refractivity (Wildman–Crippen MR) is 105 cm³/mol. The number of hydrogen-bond acceptors (Lipinski definition) is 3. The minimum Gasteiger partial charge on any atom is -0.360 e. The molecule has 0 amide bonds. The van der Waals surface area contributed by atoms with Gasteiger partial charge in [-0.25, -0.2) is 25.9 Å². The van der Waals surface area contributed by atoms with Crippen LogP contribution in [0.15, 0.2) is 6.07 Å². The van der Waals surface area contributed by atoms with Gasteiger partial charge in [-0.3, -0.25) is 4.39 Å². The smallest absolute Gasteiger partial charge is 0.237 e. The average Bonchev–Trinajstić information content (AvgIpc) is 2.53. The van der Waals surface area contributed by atoms with Crippen LogP contribution >= 0.6 is 22.6 Å². The van der Waals surface area contributed by atoms with E-state index in [-0.39, 0.29) is 13.0 Å². The van der Waals surface area contributed by atoms with E-state index in [1.165, 1.54) is 22.6 Å². The van der Waals surface area contributed by atoms with Crippen molar-refractivity contribution in [1.29, 1.82) is 0 Å². The molecule has 1 rings (SSSR count). The summed E-state index contributed by atoms with van der Waals surface area (Å²) in [5.74, 6) is -4.58. The number of ether oxygens (including phenoxy) is 1. The number of alkyl halides is 1. The number of hydrogen-bond donors (Lipinski definition) is 0. The molecular weight excluding hydrogens is 505 g/mol. The van der Waals surface area contributed by atoms with Crippen LogP contribution in [0.2, 0.25) is 25.7 Å². The van der Waals surface area contributed by atoms with E-state index in [0.29, 0.717) is 10.4 Å². The molecule has 0 saturated heterocycles. The van der Waals surface area contributed by atoms with Crippen molar-refractivity contribution in [2.24, 2.45) is 0 Å². The van der Waals surface area contributed by atoms with E-state index in [1.807, 2.05) is 0 Å². The SMILES string of the molecule is C[Si](C)(C)CCOCN(c1cc(F)c(F)c(I)c1F)S(=O)(=O)CCCF. The number of halogens is 5. The van der Waals surface area contributed by atoms with Crippen molar-refractivity contribution in [2.75, 3.05) is 30.1 Å². The first kappa shape index (κ1) is 23.6. The molecule has 0 bridgehead atoms. The monoisotopic (exact) mass is 527 g/mol. The van der Waals surface area contributed by atoms with Gasteiger partial charge in [0, 0.05) is 20.7 Å². The van der Waals surface area contributed by atoms with Gasteiger partial charge in [0.2, 0.25) is 10.0 Å². The Hall–Kier alpha value is -0.403. The van der Waals surface area contributed by atoms with Gasteiger partial charge in [-0.05, 0) is 35.1 Å². The zero-order valence-corrected chi connectivity index (χ0v) is 18.8. The molecule has 1 aromatic rings. The van der Waals surface area contributed by atoms with E-state index in [9.17, 15) is 26.0 Å². The Labute approximate surface area is 166 Å². The quantitative estimate of drug-likeness (QED) is 0.0856. The second kappa shape index (κ2) is 9.69. The van der Waals surface area contributed by atoms with E-state index in [2.05, 4.69) is 19.6 Å². The van der Waals surface area contributed by atoms with E-state index in [1.54, 1.807) is 0 Å². The molecule has 11 heteroatoms. The molecule has 0 unspecified atom stereocenters. The summed E-state index contributed by atoms with van der Waals surface area (Å²) in [6.07, 6.45) is -0.296. The van der Waals surface area contributed by atoms with Gasteiger partial charge in [-0.1, -0.05) is 19.6 Å². The second-order valence-corrected chi connectivity index (χ2v) is 15.6. The van der Waals surface area contributed by atoms with Crippen LogP contribution < -0.4 is 4.31 Å². The normalized spacial score (nSPS) is 12.5. The topological polar surface area (TPSA) is 46.6 Å². The largest absolute Gasteiger partial charge is 0.360 e. The summed E-state index contributed by atoms with van der Waals surface area (Å²) in [6.45, 7) is 5.11. The van der Waals surface area contributed by atoms with Crippen molar-refractivity contribution >= 4 is 46.4 Å². The van der Waals surface area contributed by atoms with E-state index >= 15 is 0 Å². The molecule has 0 atom stereocenters. The summed E-state index contributed by atoms with van der Waals surface area (Å²) in [6, 6.07) is 1.21. The van der Waals surface area contributed by atoms with Gasteiger partial charge < -0.3 is 4.74 Å². The van der Waals surface area contributed by atoms with Crippen LogP contribution in [0.1, 0.15) is 6.42 Å². The first-order valence-corrected chi connectivity index (χ1v) is 14.3. The van der Waals surface area contributed by atoms with Crippen LogP contribution in [-0.4, -0.2) is 42.3 Å². The lowest BCUT2D eigenvalue weighted by Crippen LogP contribution is -2.37. The van der Waals surface area contributed by atoms with Gasteiger partial charge in [0.05, 0.1) is 21.7 Å². The Morgan fingerprint density at radius 3 is 2.35 bits per heavy atom. The standard InChI is InChI=1S/C15H22F4INO3SSi/c1-26(2,3)8-6-24-10-21(25(22,23)7-4-5-16)12-9-11(17)13(18)15(20)14(12)19/h9H,4-8,10H2,1-3H3. The summed E-state index contributed by atoms with van der Waals surface area (Å²) in [4.78, 5) is 0. The third-order valence-electron chi connectivity index (χ3n) is 3.43. The zero-order chi connectivity index (χ0) is 20.1. The number of rotatable bonds is 10. The maximum absolute atomic E-state index is 14.4. The van der Waals surface area contributed by atoms with E-state index in [0.717, 1.165) is 6.04 Å². The van der Waals surface area contributed by atoms with Gasteiger partial charge in [0.1, 0.15) is 6.73 Å². The van der Waals surface area contributed by atoms with Crippen molar-refractivity contribution in [1.82, 2.24) is 0 Å². The minimum atomic E-state index is -4.18. The summed E-state index contributed by atoms with van der Waals surface area (Å²) in [7, 11) is -5.61. The fraction of sp³-hybridized carbons (Fsp3) is 0.600. The highest BCUT2D eigenvalue weighted by atomic mass is 127. The molecule has 4 nitrogen and oxygen atoms in total. The minimum absolute atomic E-state index is 0.243. The molecule has 1 aromatic carbocycles. The molecule has 0 N–H and O–H groups in total. The van der Waals surface area contributed by atoms with Crippen molar-refractivity contribution in [2.45, 2.75) is 32.1 Å². The van der Waals surface area contributed by atoms with Crippen molar-refractivity contribution in [3.05, 3.63) is 27.1 Å². The summed E-state index contributed by atoms with van der Waals surface area (Å²) in [5.41, 5.74) is -0.653. The van der Waals surface area contributed by atoms with Gasteiger partial charge >= 0.3 is 0 Å². The molecule has 0 radical (unpaired) electrons. The lowest BCUT2D eigenvalue weighted by atomic mass is 10.3. The van der Waals surface area contributed by atoms with Crippen LogP contribution in [0.4, 0.5) is 23.2 Å². The number of nitrogens with zero attached hydrogens (tertiary/aromatic N) is 1. The molecule has 0 spiro atoms. The molecule has 0 saturated carbocycles. The summed E-state index contributed by atoms with van der Waals surface area (Å²) < 4.78 is 84.1. The Morgan fingerprint density at radius 1 is 1.19 bits per heavy atom. The summed E-state index contributed by atoms with van der Waals surface area (Å²) in [5, 5.41) is 0. The zero-order valence-electron chi connectivity index (χ0n) is 14.8. The molecule has 150 valence electrons. The van der Waals surface area contributed by atoms with Gasteiger partial charge in [0.25, 0.3) is 0 Å². The molecule has 0 aliphatic rings. The molecule has 26 heavy (non-hydrogen) atoms. The molecule has 0 heterocycles. The number of sulfonamides is 1. The Kier molecular flexibility index (Phi) is 8.81. The van der Waals surface area contributed by atoms with Crippen molar-refractivity contribution in [3.8, 4) is 0 Å². The van der Waals surface area contributed by atoms with Gasteiger partial charge in [-0.15, -0.1) is 0 Å². The van der Waals surface area contributed by atoms with Crippen LogP contribution in [0.25, 0.3) is 0 Å². The van der Waals surface area contributed by atoms with E-state index < -0.39 is 64.0 Å². The maximum atomic E-state index is 14.4. The average molecular weight is 527 g/mol. The highest BCUT2D eigenvalue weighted by Crippen LogP contribution is 2.30. The number of benzene rings is 1. The summed E-state index contributed by atoms with van der Waals surface area (Å²) >= 11 is 1.26. The van der Waals surface area contributed by atoms with Crippen LogP contribution in [-0.2, 0) is 14.8 Å². The van der Waals surface area contributed by atoms with Crippen LogP contribution in [0.3, 0.4) is 0 Å². The molecule has 0 aliphatic heterocycles. The lowest BCUT2D eigenvalue weighted by Gasteiger charge is -2.26. The van der Waals surface area contributed by atoms with Gasteiger partial charge in [0.15, 0.2) is 17.5 Å². The third-order valence-corrected chi connectivity index (χ3v) is 7.86. The Bertz CT molecular complexity index is 729. The maximum Gasteiger partial charge on any atom is 0.237 e. The van der Waals surface area contributed by atoms with E-state index in [4.69, 9.17) is 4.74 Å². The molecule has 0 aromatic heterocycles. The highest BCUT2D eigenvalue weighted by Gasteiger charge is 2.29. The first-order valence-electron chi connectivity index (χ1n) is 7.88. The Morgan fingerprint density at radius 2 is 1.81 bits per heavy atom. The Balaban J connectivity index is 3.17. The first-order chi connectivity index (χ1) is 11.9. The molecular formula is C15H22F4INO3SSi. The van der Waals surface area contributed by atoms with Crippen LogP contribution in [0.5, 0.6) is 0 Å². The van der Waals surface area contributed by atoms with Crippen molar-refractivity contribution < 1.29 is 30.7 Å². The predicted octanol–water partition coefficient (Wildman–Crippen LogP) is 4.52. The number of anilines is 1. The fourth-order valence-electron chi connectivity index (χ4n) is 1.91. The van der Waals surface area contributed by atoms with Crippen molar-refractivity contribution in [3.63, 3.8) is 0 Å². The lowest BCUT2D eigenvalue weighted by molar-refractivity contribution is 0.156. The molecule has 0 aliphatic carbocycles. The molecule has 0 fully saturated rings. The fourth-order valence-corrected chi connectivity index (χ4v) is 4.57. The van der Waals surface area contributed by atoms with Gasteiger partial charge in [-0.2, -0.15) is 0 Å².